The molecule has 0 saturated carbocycles. The molecule has 0 spiro atoms. The molecule has 0 radical (unpaired) electrons. The molecule has 0 aromatic heterocycles. The summed E-state index contributed by atoms with van der Waals surface area (Å²) in [4.78, 5) is -1.00. The van der Waals surface area contributed by atoms with Gasteiger partial charge in [-0.05, 0) is 12.1 Å². The number of halogens is 2. The van der Waals surface area contributed by atoms with Gasteiger partial charge in [-0.25, -0.2) is 12.8 Å². The molecular weight excluding hydrogens is 249 g/mol. The van der Waals surface area contributed by atoms with Gasteiger partial charge in [-0.15, -0.1) is 12.6 Å². The number of benzene rings is 1. The third-order valence-corrected chi connectivity index (χ3v) is 3.14. The van der Waals surface area contributed by atoms with E-state index in [2.05, 4.69) is 12.6 Å². The second-order valence-corrected chi connectivity index (χ2v) is 5.31. The van der Waals surface area contributed by atoms with E-state index in [0.29, 0.717) is 0 Å². The first-order valence-corrected chi connectivity index (χ1v) is 6.00. The Morgan fingerprint density at radius 1 is 1.50 bits per heavy atom. The second-order valence-electron chi connectivity index (χ2n) is 2.33. The molecule has 0 atom stereocenters. The summed E-state index contributed by atoms with van der Waals surface area (Å²) < 4.78 is 35.1. The van der Waals surface area contributed by atoms with Crippen LogP contribution in [0.2, 0.25) is 0 Å². The molecule has 0 unspecified atom stereocenters. The van der Waals surface area contributed by atoms with E-state index in [1.54, 1.807) is 0 Å². The van der Waals surface area contributed by atoms with E-state index in [1.807, 2.05) is 0 Å². The Bertz CT molecular complexity index is 521. The molecule has 1 aromatic rings. The third kappa shape index (κ3) is 2.00. The normalized spacial score (nSPS) is 11.0. The molecule has 0 fully saturated rings. The first-order chi connectivity index (χ1) is 6.38. The van der Waals surface area contributed by atoms with Crippen LogP contribution in [0.3, 0.4) is 0 Å². The van der Waals surface area contributed by atoms with Crippen molar-refractivity contribution in [1.82, 2.24) is 0 Å². The monoisotopic (exact) mass is 251 g/mol. The summed E-state index contributed by atoms with van der Waals surface area (Å²) in [7, 11) is 0.694. The van der Waals surface area contributed by atoms with E-state index in [0.717, 1.165) is 6.07 Å². The fraction of sp³-hybridized carbons (Fsp3) is 0. The van der Waals surface area contributed by atoms with Gasteiger partial charge >= 0.3 is 0 Å². The van der Waals surface area contributed by atoms with Gasteiger partial charge in [0, 0.05) is 15.6 Å². The van der Waals surface area contributed by atoms with E-state index in [1.165, 1.54) is 12.1 Å². The van der Waals surface area contributed by atoms with Crippen LogP contribution in [-0.4, -0.2) is 8.42 Å². The van der Waals surface area contributed by atoms with Crippen molar-refractivity contribution in [3.8, 4) is 6.07 Å². The van der Waals surface area contributed by atoms with Crippen LogP contribution < -0.4 is 0 Å². The van der Waals surface area contributed by atoms with E-state index >= 15 is 0 Å². The Hall–Kier alpha value is -0.770. The van der Waals surface area contributed by atoms with Gasteiger partial charge in [0.15, 0.2) is 5.82 Å². The zero-order valence-electron chi connectivity index (χ0n) is 6.53. The first kappa shape index (κ1) is 11.3. The zero-order chi connectivity index (χ0) is 10.9. The van der Waals surface area contributed by atoms with E-state index in [9.17, 15) is 12.8 Å². The second kappa shape index (κ2) is 3.77. The Kier molecular flexibility index (Phi) is 3.04. The van der Waals surface area contributed by atoms with Gasteiger partial charge in [-0.2, -0.15) is 5.26 Å². The van der Waals surface area contributed by atoms with E-state index in [4.69, 9.17) is 15.9 Å². The standard InChI is InChI=1S/C7H3ClFNO2S2/c8-14(11,12)7-4(3-10)1-2-5(13)6(7)9/h1-2,13H. The lowest BCUT2D eigenvalue weighted by Crippen LogP contribution is -2.00. The lowest BCUT2D eigenvalue weighted by Gasteiger charge is -2.02. The Balaban J connectivity index is 3.72. The quantitative estimate of drug-likeness (QED) is 0.613. The average molecular weight is 252 g/mol. The number of hydrogen-bond donors (Lipinski definition) is 1. The van der Waals surface area contributed by atoms with Crippen molar-refractivity contribution in [2.45, 2.75) is 9.79 Å². The summed E-state index contributed by atoms with van der Waals surface area (Å²) >= 11 is 3.68. The third-order valence-electron chi connectivity index (χ3n) is 1.44. The maximum atomic E-state index is 13.3. The molecule has 0 saturated heterocycles. The summed E-state index contributed by atoms with van der Waals surface area (Å²) in [6, 6.07) is 3.86. The number of nitrogens with zero attached hydrogens (tertiary/aromatic N) is 1. The molecule has 1 aromatic carbocycles. The largest absolute Gasteiger partial charge is 0.265 e. The molecule has 14 heavy (non-hydrogen) atoms. The van der Waals surface area contributed by atoms with Gasteiger partial charge < -0.3 is 0 Å². The van der Waals surface area contributed by atoms with Crippen LogP contribution in [0.15, 0.2) is 21.9 Å². The fourth-order valence-electron chi connectivity index (χ4n) is 0.872. The Labute approximate surface area is 89.9 Å². The van der Waals surface area contributed by atoms with Gasteiger partial charge in [0.2, 0.25) is 0 Å². The minimum atomic E-state index is -4.27. The van der Waals surface area contributed by atoms with Crippen LogP contribution in [0, 0.1) is 17.1 Å². The van der Waals surface area contributed by atoms with Crippen LogP contribution in [0.25, 0.3) is 0 Å². The van der Waals surface area contributed by atoms with Crippen LogP contribution in [0.1, 0.15) is 5.56 Å². The van der Waals surface area contributed by atoms with Gasteiger partial charge in [0.05, 0.1) is 5.56 Å². The highest BCUT2D eigenvalue weighted by molar-refractivity contribution is 8.13. The number of rotatable bonds is 1. The van der Waals surface area contributed by atoms with Crippen molar-refractivity contribution in [3.63, 3.8) is 0 Å². The van der Waals surface area contributed by atoms with Gasteiger partial charge in [-0.1, -0.05) is 0 Å². The van der Waals surface area contributed by atoms with Crippen LogP contribution in [0.5, 0.6) is 0 Å². The highest BCUT2D eigenvalue weighted by Gasteiger charge is 2.22. The Morgan fingerprint density at radius 3 is 2.50 bits per heavy atom. The van der Waals surface area contributed by atoms with Crippen molar-refractivity contribution in [3.05, 3.63) is 23.5 Å². The van der Waals surface area contributed by atoms with Crippen molar-refractivity contribution < 1.29 is 12.8 Å². The molecule has 0 bridgehead atoms. The molecule has 0 amide bonds. The summed E-state index contributed by atoms with van der Waals surface area (Å²) in [6.45, 7) is 0. The molecule has 1 rings (SSSR count). The maximum Gasteiger partial charge on any atom is 0.265 e. The van der Waals surface area contributed by atoms with Gasteiger partial charge in [0.1, 0.15) is 11.0 Å². The van der Waals surface area contributed by atoms with Crippen LogP contribution in [0.4, 0.5) is 4.39 Å². The van der Waals surface area contributed by atoms with Crippen molar-refractivity contribution in [1.29, 1.82) is 5.26 Å². The highest BCUT2D eigenvalue weighted by atomic mass is 35.7. The lowest BCUT2D eigenvalue weighted by molar-refractivity contribution is 0.557. The zero-order valence-corrected chi connectivity index (χ0v) is 9.00. The molecule has 0 N–H and O–H groups in total. The predicted molar refractivity (Wildman–Crippen MR) is 51.4 cm³/mol. The van der Waals surface area contributed by atoms with Crippen molar-refractivity contribution in [2.24, 2.45) is 0 Å². The maximum absolute atomic E-state index is 13.3. The van der Waals surface area contributed by atoms with Crippen LogP contribution in [-0.2, 0) is 9.05 Å². The highest BCUT2D eigenvalue weighted by Crippen LogP contribution is 2.27. The molecule has 74 valence electrons. The molecule has 3 nitrogen and oxygen atoms in total. The minimum Gasteiger partial charge on any atom is -0.207 e. The van der Waals surface area contributed by atoms with Gasteiger partial charge in [0.25, 0.3) is 9.05 Å². The van der Waals surface area contributed by atoms with Crippen molar-refractivity contribution in [2.75, 3.05) is 0 Å². The molecular formula is C7H3ClFNO2S2. The minimum absolute atomic E-state index is 0.178. The molecule has 7 heteroatoms. The fourth-order valence-corrected chi connectivity index (χ4v) is 2.29. The summed E-state index contributed by atoms with van der Waals surface area (Å²) in [5, 5.41) is 8.53. The molecule has 0 aliphatic heterocycles. The number of nitriles is 1. The van der Waals surface area contributed by atoms with E-state index < -0.39 is 19.8 Å². The van der Waals surface area contributed by atoms with Crippen LogP contribution >= 0.6 is 23.3 Å². The first-order valence-electron chi connectivity index (χ1n) is 3.24. The number of thiol groups is 1. The summed E-state index contributed by atoms with van der Waals surface area (Å²) in [5.41, 5.74) is -0.338. The SMILES string of the molecule is N#Cc1ccc(S)c(F)c1S(=O)(=O)Cl. The van der Waals surface area contributed by atoms with Crippen molar-refractivity contribution >= 4 is 32.4 Å². The smallest absolute Gasteiger partial charge is 0.207 e. The average Bonchev–Trinajstić information content (AvgIpc) is 2.07. The van der Waals surface area contributed by atoms with E-state index in [-0.39, 0.29) is 10.5 Å². The topological polar surface area (TPSA) is 57.9 Å². The molecule has 0 aliphatic rings. The predicted octanol–water partition coefficient (Wildman–Crippen LogP) is 1.91. The van der Waals surface area contributed by atoms with Gasteiger partial charge in [-0.3, -0.25) is 0 Å². The molecule has 0 heterocycles. The summed E-state index contributed by atoms with van der Waals surface area (Å²) in [5.74, 6) is -1.11. The molecule has 0 aliphatic carbocycles. The summed E-state index contributed by atoms with van der Waals surface area (Å²) in [6.07, 6.45) is 0. The Morgan fingerprint density at radius 2 is 2.07 bits per heavy atom. The number of hydrogen-bond acceptors (Lipinski definition) is 4. The lowest BCUT2D eigenvalue weighted by atomic mass is 10.2.